The molecule has 1 aromatic heterocycles. The molecule has 6 heteroatoms. The van der Waals surface area contributed by atoms with E-state index in [9.17, 15) is 4.39 Å². The maximum Gasteiger partial charge on any atom is 0.201 e. The Hall–Kier alpha value is -1.66. The van der Waals surface area contributed by atoms with Crippen molar-refractivity contribution in [2.75, 3.05) is 32.7 Å². The smallest absolute Gasteiger partial charge is 0.201 e. The lowest BCUT2D eigenvalue weighted by molar-refractivity contribution is 0.0682. The highest BCUT2D eigenvalue weighted by molar-refractivity contribution is 5.78. The molecule has 0 amide bonds. The van der Waals surface area contributed by atoms with E-state index in [-0.39, 0.29) is 5.82 Å². The fourth-order valence-corrected chi connectivity index (χ4v) is 1.93. The molecule has 1 heterocycles. The van der Waals surface area contributed by atoms with Crippen molar-refractivity contribution in [2.45, 2.75) is 13.0 Å². The monoisotopic (exact) mass is 267 g/mol. The van der Waals surface area contributed by atoms with Gasteiger partial charge in [0.2, 0.25) is 5.95 Å². The number of hydrogen-bond donors (Lipinski definition) is 1. The van der Waals surface area contributed by atoms with Crippen LogP contribution in [0.1, 0.15) is 6.42 Å². The number of imidazole rings is 1. The van der Waals surface area contributed by atoms with Crippen LogP contribution < -0.4 is 5.73 Å². The summed E-state index contributed by atoms with van der Waals surface area (Å²) in [6, 6.07) is 4.85. The van der Waals surface area contributed by atoms with E-state index in [1.54, 1.807) is 17.7 Å². The molecular weight excluding hydrogens is 249 g/mol. The molecule has 0 radical (unpaired) electrons. The van der Waals surface area contributed by atoms with Crippen LogP contribution in [-0.4, -0.2) is 36.5 Å². The predicted molar refractivity (Wildman–Crippen MR) is 71.4 cm³/mol. The number of rotatable bonds is 7. The Labute approximate surface area is 111 Å². The number of para-hydroxylation sites is 1. The maximum atomic E-state index is 13.5. The van der Waals surface area contributed by atoms with Gasteiger partial charge in [0, 0.05) is 20.3 Å². The molecule has 104 valence electrons. The summed E-state index contributed by atoms with van der Waals surface area (Å²) >= 11 is 0. The fourth-order valence-electron chi connectivity index (χ4n) is 1.93. The molecule has 2 N–H and O–H groups in total. The number of hydrogen-bond acceptors (Lipinski definition) is 4. The van der Waals surface area contributed by atoms with Crippen LogP contribution in [0.3, 0.4) is 0 Å². The first-order valence-electron chi connectivity index (χ1n) is 6.21. The van der Waals surface area contributed by atoms with E-state index in [1.165, 1.54) is 6.07 Å². The maximum absolute atomic E-state index is 13.5. The number of fused-ring (bicyclic) bond motifs is 1. The Morgan fingerprint density at radius 1 is 1.32 bits per heavy atom. The van der Waals surface area contributed by atoms with Crippen molar-refractivity contribution < 1.29 is 13.9 Å². The Morgan fingerprint density at radius 3 is 2.95 bits per heavy atom. The first kappa shape index (κ1) is 13.8. The number of methoxy groups -OCH3 is 1. The Balaban J connectivity index is 1.97. The van der Waals surface area contributed by atoms with Crippen molar-refractivity contribution in [3.8, 4) is 0 Å². The Bertz CT molecular complexity index is 542. The molecule has 0 fully saturated rings. The van der Waals surface area contributed by atoms with Crippen molar-refractivity contribution >= 4 is 17.0 Å². The molecule has 5 nitrogen and oxygen atoms in total. The van der Waals surface area contributed by atoms with E-state index < -0.39 is 0 Å². The standard InChI is InChI=1S/C13H18FN3O2/c1-18-8-9-19-7-3-6-17-11-5-2-4-10(14)12(11)16-13(17)15/h2,4-5H,3,6-9H2,1H3,(H2,15,16). The number of aryl methyl sites for hydroxylation is 1. The van der Waals surface area contributed by atoms with Gasteiger partial charge in [-0.2, -0.15) is 0 Å². The number of benzene rings is 1. The van der Waals surface area contributed by atoms with Gasteiger partial charge < -0.3 is 19.8 Å². The SMILES string of the molecule is COCCOCCCn1c(N)nc2c(F)cccc21. The first-order chi connectivity index (χ1) is 9.24. The molecule has 0 atom stereocenters. The molecule has 1 aromatic carbocycles. The number of halogens is 1. The van der Waals surface area contributed by atoms with Crippen molar-refractivity contribution in [2.24, 2.45) is 0 Å². The van der Waals surface area contributed by atoms with Crippen molar-refractivity contribution in [1.82, 2.24) is 9.55 Å². The summed E-state index contributed by atoms with van der Waals surface area (Å²) < 4.78 is 25.6. The highest BCUT2D eigenvalue weighted by Gasteiger charge is 2.10. The zero-order valence-electron chi connectivity index (χ0n) is 10.9. The second-order valence-electron chi connectivity index (χ2n) is 4.19. The molecule has 2 rings (SSSR count). The van der Waals surface area contributed by atoms with Crippen LogP contribution in [0.4, 0.5) is 10.3 Å². The van der Waals surface area contributed by atoms with Crippen molar-refractivity contribution in [1.29, 1.82) is 0 Å². The van der Waals surface area contributed by atoms with Gasteiger partial charge in [-0.25, -0.2) is 9.37 Å². The third-order valence-corrected chi connectivity index (χ3v) is 2.86. The zero-order valence-corrected chi connectivity index (χ0v) is 10.9. The van der Waals surface area contributed by atoms with Crippen LogP contribution >= 0.6 is 0 Å². The fraction of sp³-hybridized carbons (Fsp3) is 0.462. The molecule has 0 unspecified atom stereocenters. The third kappa shape index (κ3) is 3.21. The van der Waals surface area contributed by atoms with Gasteiger partial charge in [-0.3, -0.25) is 0 Å². The van der Waals surface area contributed by atoms with E-state index in [2.05, 4.69) is 4.98 Å². The summed E-state index contributed by atoms with van der Waals surface area (Å²) in [6.45, 7) is 2.42. The molecule has 0 spiro atoms. The van der Waals surface area contributed by atoms with Crippen LogP contribution in [0.2, 0.25) is 0 Å². The highest BCUT2D eigenvalue weighted by Crippen LogP contribution is 2.20. The number of aromatic nitrogens is 2. The molecule has 0 saturated heterocycles. The highest BCUT2D eigenvalue weighted by atomic mass is 19.1. The number of nitrogen functional groups attached to an aromatic ring is 1. The minimum Gasteiger partial charge on any atom is -0.382 e. The molecule has 2 aromatic rings. The van der Waals surface area contributed by atoms with Gasteiger partial charge in [-0.1, -0.05) is 6.07 Å². The normalized spacial score (nSPS) is 11.3. The lowest BCUT2D eigenvalue weighted by Gasteiger charge is -2.07. The molecule has 0 bridgehead atoms. The summed E-state index contributed by atoms with van der Waals surface area (Å²) in [6.07, 6.45) is 0.788. The second kappa shape index (κ2) is 6.49. The number of nitrogens with zero attached hydrogens (tertiary/aromatic N) is 2. The van der Waals surface area contributed by atoms with Crippen LogP contribution in [0.15, 0.2) is 18.2 Å². The zero-order chi connectivity index (χ0) is 13.7. The summed E-state index contributed by atoms with van der Waals surface area (Å²) in [7, 11) is 1.64. The topological polar surface area (TPSA) is 62.3 Å². The Kier molecular flexibility index (Phi) is 4.70. The van der Waals surface area contributed by atoms with E-state index in [4.69, 9.17) is 15.2 Å². The predicted octanol–water partition coefficient (Wildman–Crippen LogP) is 1.81. The summed E-state index contributed by atoms with van der Waals surface area (Å²) in [5.41, 5.74) is 6.85. The van der Waals surface area contributed by atoms with Gasteiger partial charge >= 0.3 is 0 Å². The minimum atomic E-state index is -0.348. The lowest BCUT2D eigenvalue weighted by Crippen LogP contribution is -2.08. The average molecular weight is 267 g/mol. The Morgan fingerprint density at radius 2 is 2.16 bits per heavy atom. The largest absolute Gasteiger partial charge is 0.382 e. The molecule has 19 heavy (non-hydrogen) atoms. The van der Waals surface area contributed by atoms with Crippen LogP contribution in [0.25, 0.3) is 11.0 Å². The van der Waals surface area contributed by atoms with Gasteiger partial charge in [-0.15, -0.1) is 0 Å². The average Bonchev–Trinajstić information content (AvgIpc) is 2.72. The minimum absolute atomic E-state index is 0.320. The molecule has 0 aliphatic heterocycles. The molecule has 0 aliphatic carbocycles. The van der Waals surface area contributed by atoms with Gasteiger partial charge in [0.1, 0.15) is 5.52 Å². The van der Waals surface area contributed by atoms with Crippen LogP contribution in [-0.2, 0) is 16.0 Å². The van der Waals surface area contributed by atoms with E-state index >= 15 is 0 Å². The van der Waals surface area contributed by atoms with E-state index in [0.29, 0.717) is 37.8 Å². The first-order valence-corrected chi connectivity index (χ1v) is 6.21. The van der Waals surface area contributed by atoms with Crippen LogP contribution in [0, 0.1) is 5.82 Å². The van der Waals surface area contributed by atoms with Gasteiger partial charge in [-0.05, 0) is 18.6 Å². The van der Waals surface area contributed by atoms with E-state index in [0.717, 1.165) is 11.9 Å². The lowest BCUT2D eigenvalue weighted by atomic mass is 10.3. The summed E-state index contributed by atoms with van der Waals surface area (Å²) in [5, 5.41) is 0. The van der Waals surface area contributed by atoms with Gasteiger partial charge in [0.05, 0.1) is 18.7 Å². The molecular formula is C13H18FN3O2. The quantitative estimate of drug-likeness (QED) is 0.777. The summed E-state index contributed by atoms with van der Waals surface area (Å²) in [4.78, 5) is 4.05. The molecule has 0 aliphatic rings. The summed E-state index contributed by atoms with van der Waals surface area (Å²) in [5.74, 6) is -0.0173. The van der Waals surface area contributed by atoms with Gasteiger partial charge in [0.25, 0.3) is 0 Å². The molecule has 0 saturated carbocycles. The number of nitrogens with two attached hydrogens (primary N) is 1. The van der Waals surface area contributed by atoms with E-state index in [1.807, 2.05) is 6.07 Å². The van der Waals surface area contributed by atoms with Gasteiger partial charge in [0.15, 0.2) is 5.82 Å². The number of anilines is 1. The van der Waals surface area contributed by atoms with Crippen LogP contribution in [0.5, 0.6) is 0 Å². The van der Waals surface area contributed by atoms with Crippen molar-refractivity contribution in [3.05, 3.63) is 24.0 Å². The van der Waals surface area contributed by atoms with Crippen molar-refractivity contribution in [3.63, 3.8) is 0 Å². The third-order valence-electron chi connectivity index (χ3n) is 2.86. The second-order valence-corrected chi connectivity index (χ2v) is 4.19. The number of ether oxygens (including phenoxy) is 2.